The zero-order valence-electron chi connectivity index (χ0n) is 17.4. The van der Waals surface area contributed by atoms with Crippen LogP contribution in [0, 0.1) is 13.8 Å². The molecule has 5 nitrogen and oxygen atoms in total. The minimum atomic E-state index is -0.360. The number of aromatic nitrogens is 2. The van der Waals surface area contributed by atoms with Gasteiger partial charge in [0.1, 0.15) is 5.58 Å². The third-order valence-electron chi connectivity index (χ3n) is 5.44. The Morgan fingerprint density at radius 1 is 1.07 bits per heavy atom. The number of para-hydroxylation sites is 1. The summed E-state index contributed by atoms with van der Waals surface area (Å²) in [6.07, 6.45) is 1.90. The van der Waals surface area contributed by atoms with E-state index in [1.807, 2.05) is 50.2 Å². The van der Waals surface area contributed by atoms with Crippen LogP contribution >= 0.6 is 11.8 Å². The Labute approximate surface area is 178 Å². The molecule has 0 N–H and O–H groups in total. The molecule has 0 aliphatic rings. The van der Waals surface area contributed by atoms with Crippen LogP contribution in [0.5, 0.6) is 0 Å². The smallest absolute Gasteiger partial charge is 0.336 e. The SMILES string of the molecule is CCCCn1c(SCc2cc(=O)oc3c(C)c(C)ccc23)nc2ccccc2c1=O. The summed E-state index contributed by atoms with van der Waals surface area (Å²) in [4.78, 5) is 30.0. The molecular formula is C24H24N2O3S. The summed E-state index contributed by atoms with van der Waals surface area (Å²) in [6, 6.07) is 13.0. The second-order valence-electron chi connectivity index (χ2n) is 7.49. The number of aryl methyl sites for hydroxylation is 2. The van der Waals surface area contributed by atoms with Gasteiger partial charge in [0.15, 0.2) is 5.16 Å². The summed E-state index contributed by atoms with van der Waals surface area (Å²) < 4.78 is 7.25. The van der Waals surface area contributed by atoms with E-state index in [1.165, 1.54) is 11.8 Å². The molecule has 0 unspecified atom stereocenters. The minimum Gasteiger partial charge on any atom is -0.422 e. The number of thioether (sulfide) groups is 1. The van der Waals surface area contributed by atoms with Crippen molar-refractivity contribution in [1.29, 1.82) is 0 Å². The first-order valence-corrected chi connectivity index (χ1v) is 11.1. The molecule has 0 saturated carbocycles. The van der Waals surface area contributed by atoms with Gasteiger partial charge >= 0.3 is 5.63 Å². The molecule has 0 aliphatic heterocycles. The molecule has 4 aromatic rings. The average molecular weight is 421 g/mol. The molecule has 6 heteroatoms. The van der Waals surface area contributed by atoms with E-state index in [2.05, 4.69) is 6.92 Å². The monoisotopic (exact) mass is 420 g/mol. The third kappa shape index (κ3) is 3.79. The summed E-state index contributed by atoms with van der Waals surface area (Å²) in [6.45, 7) is 6.70. The van der Waals surface area contributed by atoms with Crippen LogP contribution < -0.4 is 11.2 Å². The maximum absolute atomic E-state index is 13.1. The van der Waals surface area contributed by atoms with Crippen LogP contribution in [0.25, 0.3) is 21.9 Å². The molecule has 4 rings (SSSR count). The van der Waals surface area contributed by atoms with Gasteiger partial charge in [-0.2, -0.15) is 0 Å². The fraction of sp³-hybridized carbons (Fsp3) is 0.292. The molecule has 0 bridgehead atoms. The first-order valence-electron chi connectivity index (χ1n) is 10.1. The lowest BCUT2D eigenvalue weighted by Gasteiger charge is -2.13. The molecule has 0 amide bonds. The normalized spacial score (nSPS) is 11.4. The van der Waals surface area contributed by atoms with E-state index < -0.39 is 0 Å². The van der Waals surface area contributed by atoms with Crippen LogP contribution in [-0.2, 0) is 12.3 Å². The summed E-state index contributed by atoms with van der Waals surface area (Å²) >= 11 is 1.48. The van der Waals surface area contributed by atoms with Crippen molar-refractivity contribution in [3.8, 4) is 0 Å². The van der Waals surface area contributed by atoms with E-state index in [0.29, 0.717) is 33.9 Å². The number of hydrogen-bond acceptors (Lipinski definition) is 5. The number of hydrogen-bond donors (Lipinski definition) is 0. The van der Waals surface area contributed by atoms with E-state index in [1.54, 1.807) is 10.6 Å². The van der Waals surface area contributed by atoms with Gasteiger partial charge in [-0.1, -0.05) is 49.4 Å². The summed E-state index contributed by atoms with van der Waals surface area (Å²) in [5.41, 5.74) is 3.90. The van der Waals surface area contributed by atoms with E-state index in [0.717, 1.165) is 34.9 Å². The summed E-state index contributed by atoms with van der Waals surface area (Å²) in [5.74, 6) is 0.529. The quantitative estimate of drug-likeness (QED) is 0.243. The predicted molar refractivity (Wildman–Crippen MR) is 122 cm³/mol. The zero-order valence-corrected chi connectivity index (χ0v) is 18.2. The Balaban J connectivity index is 1.78. The van der Waals surface area contributed by atoms with Gasteiger partial charge in [0, 0.05) is 23.8 Å². The fourth-order valence-corrected chi connectivity index (χ4v) is 4.57. The topological polar surface area (TPSA) is 65.1 Å². The lowest BCUT2D eigenvalue weighted by Crippen LogP contribution is -2.23. The highest BCUT2D eigenvalue weighted by Crippen LogP contribution is 2.28. The lowest BCUT2D eigenvalue weighted by molar-refractivity contribution is 0.556. The molecule has 30 heavy (non-hydrogen) atoms. The summed E-state index contributed by atoms with van der Waals surface area (Å²) in [7, 11) is 0. The van der Waals surface area contributed by atoms with Gasteiger partial charge in [-0.05, 0) is 49.1 Å². The first kappa shape index (κ1) is 20.4. The van der Waals surface area contributed by atoms with Gasteiger partial charge in [0.05, 0.1) is 10.9 Å². The molecular weight excluding hydrogens is 396 g/mol. The highest BCUT2D eigenvalue weighted by atomic mass is 32.2. The van der Waals surface area contributed by atoms with Gasteiger partial charge in [-0.3, -0.25) is 9.36 Å². The van der Waals surface area contributed by atoms with Crippen molar-refractivity contribution in [2.45, 2.75) is 51.1 Å². The van der Waals surface area contributed by atoms with Gasteiger partial charge in [0.25, 0.3) is 5.56 Å². The maximum Gasteiger partial charge on any atom is 0.336 e. The van der Waals surface area contributed by atoms with Crippen LogP contribution in [0.3, 0.4) is 0 Å². The Hall–Kier alpha value is -2.86. The number of unbranched alkanes of at least 4 members (excludes halogenated alkanes) is 1. The Kier molecular flexibility index (Phi) is 5.77. The van der Waals surface area contributed by atoms with Crippen molar-refractivity contribution in [2.24, 2.45) is 0 Å². The van der Waals surface area contributed by atoms with Crippen molar-refractivity contribution >= 4 is 33.6 Å². The standard InChI is InChI=1S/C24H24N2O3S/c1-4-5-12-26-23(28)19-8-6-7-9-20(19)25-24(26)30-14-17-13-21(27)29-22-16(3)15(2)10-11-18(17)22/h6-11,13H,4-5,12,14H2,1-3H3. The molecule has 0 atom stereocenters. The van der Waals surface area contributed by atoms with Gasteiger partial charge < -0.3 is 4.42 Å². The highest BCUT2D eigenvalue weighted by molar-refractivity contribution is 7.98. The van der Waals surface area contributed by atoms with E-state index >= 15 is 0 Å². The average Bonchev–Trinajstić information content (AvgIpc) is 2.74. The predicted octanol–water partition coefficient (Wildman–Crippen LogP) is 5.21. The van der Waals surface area contributed by atoms with Crippen molar-refractivity contribution in [3.63, 3.8) is 0 Å². The van der Waals surface area contributed by atoms with E-state index in [-0.39, 0.29) is 11.2 Å². The van der Waals surface area contributed by atoms with Crippen LogP contribution in [0.15, 0.2) is 61.6 Å². The molecule has 2 aromatic heterocycles. The maximum atomic E-state index is 13.1. The first-order chi connectivity index (χ1) is 14.5. The number of benzene rings is 2. The van der Waals surface area contributed by atoms with Crippen molar-refractivity contribution in [2.75, 3.05) is 0 Å². The molecule has 154 valence electrons. The number of nitrogens with zero attached hydrogens (tertiary/aromatic N) is 2. The van der Waals surface area contributed by atoms with Crippen LogP contribution in [0.4, 0.5) is 0 Å². The van der Waals surface area contributed by atoms with Crippen molar-refractivity contribution in [3.05, 3.63) is 79.9 Å². The van der Waals surface area contributed by atoms with Crippen LogP contribution in [-0.4, -0.2) is 9.55 Å². The Morgan fingerprint density at radius 3 is 2.67 bits per heavy atom. The van der Waals surface area contributed by atoms with E-state index in [9.17, 15) is 9.59 Å². The third-order valence-corrected chi connectivity index (χ3v) is 6.46. The second-order valence-corrected chi connectivity index (χ2v) is 8.43. The second kappa shape index (κ2) is 8.48. The number of fused-ring (bicyclic) bond motifs is 2. The number of rotatable bonds is 6. The Bertz CT molecular complexity index is 1350. The van der Waals surface area contributed by atoms with Crippen molar-refractivity contribution in [1.82, 2.24) is 9.55 Å². The molecule has 0 aliphatic carbocycles. The van der Waals surface area contributed by atoms with Crippen molar-refractivity contribution < 1.29 is 4.42 Å². The fourth-order valence-electron chi connectivity index (χ4n) is 3.56. The van der Waals surface area contributed by atoms with Gasteiger partial charge in [0.2, 0.25) is 0 Å². The van der Waals surface area contributed by atoms with E-state index in [4.69, 9.17) is 9.40 Å². The molecule has 0 saturated heterocycles. The molecule has 0 spiro atoms. The molecule has 0 fully saturated rings. The van der Waals surface area contributed by atoms with Gasteiger partial charge in [-0.25, -0.2) is 9.78 Å². The summed E-state index contributed by atoms with van der Waals surface area (Å²) in [5, 5.41) is 2.24. The van der Waals surface area contributed by atoms with Crippen LogP contribution in [0.1, 0.15) is 36.5 Å². The zero-order chi connectivity index (χ0) is 21.3. The highest BCUT2D eigenvalue weighted by Gasteiger charge is 2.14. The van der Waals surface area contributed by atoms with Gasteiger partial charge in [-0.15, -0.1) is 0 Å². The molecule has 0 radical (unpaired) electrons. The lowest BCUT2D eigenvalue weighted by atomic mass is 10.0. The molecule has 2 heterocycles. The Morgan fingerprint density at radius 2 is 1.87 bits per heavy atom. The minimum absolute atomic E-state index is 0.0135. The molecule has 2 aromatic carbocycles. The van der Waals surface area contributed by atoms with Crippen LogP contribution in [0.2, 0.25) is 0 Å². The largest absolute Gasteiger partial charge is 0.422 e.